The number of aliphatic hydroxyl groups is 1. The van der Waals surface area contributed by atoms with Gasteiger partial charge in [0.1, 0.15) is 0 Å². The molecule has 1 aliphatic carbocycles. The molecule has 5 heteroatoms. The van der Waals surface area contributed by atoms with Crippen molar-refractivity contribution in [1.82, 2.24) is 9.88 Å². The van der Waals surface area contributed by atoms with E-state index in [0.29, 0.717) is 18.2 Å². The van der Waals surface area contributed by atoms with E-state index in [1.165, 1.54) is 0 Å². The Bertz CT molecular complexity index is 393. The Balaban J connectivity index is 2.15. The second-order valence-corrected chi connectivity index (χ2v) is 4.76. The van der Waals surface area contributed by atoms with Crippen molar-refractivity contribution < 1.29 is 9.90 Å². The van der Waals surface area contributed by atoms with Crippen LogP contribution in [0, 0.1) is 0 Å². The van der Waals surface area contributed by atoms with Gasteiger partial charge in [-0.3, -0.25) is 9.78 Å². The van der Waals surface area contributed by atoms with E-state index in [0.717, 1.165) is 17.3 Å². The largest absolute Gasteiger partial charge is 0.395 e. The lowest BCUT2D eigenvalue weighted by Gasteiger charge is -2.21. The van der Waals surface area contributed by atoms with Crippen LogP contribution >= 0.6 is 15.9 Å². The monoisotopic (exact) mass is 284 g/mol. The van der Waals surface area contributed by atoms with Crippen LogP contribution in [-0.2, 0) is 0 Å². The maximum Gasteiger partial charge on any atom is 0.255 e. The number of carbonyl (C=O) groups excluding carboxylic acids is 1. The van der Waals surface area contributed by atoms with Gasteiger partial charge in [-0.05, 0) is 34.8 Å². The lowest BCUT2D eigenvalue weighted by atomic mass is 10.2. The molecular formula is C11H13BrN2O2. The van der Waals surface area contributed by atoms with Crippen LogP contribution in [0.15, 0.2) is 22.9 Å². The van der Waals surface area contributed by atoms with Crippen LogP contribution in [0.3, 0.4) is 0 Å². The maximum atomic E-state index is 12.1. The van der Waals surface area contributed by atoms with E-state index < -0.39 is 0 Å². The minimum atomic E-state index is -0.0506. The molecule has 0 radical (unpaired) electrons. The fourth-order valence-corrected chi connectivity index (χ4v) is 2.00. The number of hydrogen-bond acceptors (Lipinski definition) is 3. The van der Waals surface area contributed by atoms with Crippen molar-refractivity contribution in [2.45, 2.75) is 18.9 Å². The minimum Gasteiger partial charge on any atom is -0.395 e. The number of nitrogens with zero attached hydrogens (tertiary/aromatic N) is 2. The lowest BCUT2D eigenvalue weighted by molar-refractivity contribution is 0.0707. The van der Waals surface area contributed by atoms with E-state index in [-0.39, 0.29) is 12.5 Å². The van der Waals surface area contributed by atoms with Crippen molar-refractivity contribution in [3.63, 3.8) is 0 Å². The van der Waals surface area contributed by atoms with Gasteiger partial charge < -0.3 is 10.0 Å². The normalized spacial score (nSPS) is 14.9. The topological polar surface area (TPSA) is 53.4 Å². The fraction of sp³-hybridized carbons (Fsp3) is 0.455. The summed E-state index contributed by atoms with van der Waals surface area (Å²) in [5.74, 6) is -0.0506. The van der Waals surface area contributed by atoms with Gasteiger partial charge in [-0.25, -0.2) is 0 Å². The van der Waals surface area contributed by atoms with E-state index in [4.69, 9.17) is 5.11 Å². The summed E-state index contributed by atoms with van der Waals surface area (Å²) >= 11 is 3.29. The Hall–Kier alpha value is -0.940. The van der Waals surface area contributed by atoms with Crippen molar-refractivity contribution in [2.24, 2.45) is 0 Å². The molecule has 1 heterocycles. The Morgan fingerprint density at radius 2 is 2.31 bits per heavy atom. The number of pyridine rings is 1. The summed E-state index contributed by atoms with van der Waals surface area (Å²) in [5, 5.41) is 8.94. The number of hydrogen-bond donors (Lipinski definition) is 1. The summed E-state index contributed by atoms with van der Waals surface area (Å²) in [6.45, 7) is 0.402. The summed E-state index contributed by atoms with van der Waals surface area (Å²) < 4.78 is 0.790. The average molecular weight is 285 g/mol. The van der Waals surface area contributed by atoms with Crippen molar-refractivity contribution in [1.29, 1.82) is 0 Å². The number of carbonyl (C=O) groups is 1. The second-order valence-electron chi connectivity index (χ2n) is 3.85. The third-order valence-corrected chi connectivity index (χ3v) is 2.97. The smallest absolute Gasteiger partial charge is 0.255 e. The van der Waals surface area contributed by atoms with Gasteiger partial charge in [-0.15, -0.1) is 0 Å². The van der Waals surface area contributed by atoms with Gasteiger partial charge in [0.15, 0.2) is 0 Å². The van der Waals surface area contributed by atoms with Gasteiger partial charge in [0.05, 0.1) is 12.2 Å². The van der Waals surface area contributed by atoms with Crippen LogP contribution in [-0.4, -0.2) is 40.1 Å². The second kappa shape index (κ2) is 4.93. The van der Waals surface area contributed by atoms with E-state index in [1.807, 2.05) is 0 Å². The molecule has 0 unspecified atom stereocenters. The highest BCUT2D eigenvalue weighted by Gasteiger charge is 2.32. The van der Waals surface area contributed by atoms with E-state index in [9.17, 15) is 4.79 Å². The molecule has 2 rings (SSSR count). The average Bonchev–Trinajstić information content (AvgIpc) is 3.09. The Morgan fingerprint density at radius 3 is 2.88 bits per heavy atom. The molecule has 1 amide bonds. The minimum absolute atomic E-state index is 0.00364. The van der Waals surface area contributed by atoms with Gasteiger partial charge in [0.25, 0.3) is 5.91 Å². The zero-order valence-electron chi connectivity index (χ0n) is 8.77. The fourth-order valence-electron chi connectivity index (χ4n) is 1.64. The molecule has 4 nitrogen and oxygen atoms in total. The third kappa shape index (κ3) is 2.59. The van der Waals surface area contributed by atoms with Crippen LogP contribution in [0.5, 0.6) is 0 Å². The molecule has 16 heavy (non-hydrogen) atoms. The van der Waals surface area contributed by atoms with Gasteiger partial charge in [-0.1, -0.05) is 0 Å². The number of halogens is 1. The predicted molar refractivity (Wildman–Crippen MR) is 63.1 cm³/mol. The quantitative estimate of drug-likeness (QED) is 0.910. The highest BCUT2D eigenvalue weighted by molar-refractivity contribution is 9.10. The Labute approximate surface area is 102 Å². The SMILES string of the molecule is O=C(c1cncc(Br)c1)N(CCO)C1CC1. The molecular weight excluding hydrogens is 272 g/mol. The molecule has 1 aromatic rings. The summed E-state index contributed by atoms with van der Waals surface area (Å²) in [6.07, 6.45) is 5.27. The number of rotatable bonds is 4. The summed E-state index contributed by atoms with van der Waals surface area (Å²) in [5.41, 5.74) is 0.565. The molecule has 86 valence electrons. The molecule has 0 bridgehead atoms. The molecule has 1 saturated carbocycles. The number of aliphatic hydroxyl groups excluding tert-OH is 1. The molecule has 1 aromatic heterocycles. The zero-order valence-corrected chi connectivity index (χ0v) is 10.4. The van der Waals surface area contributed by atoms with Crippen molar-refractivity contribution in [3.8, 4) is 0 Å². The highest BCUT2D eigenvalue weighted by atomic mass is 79.9. The molecule has 0 spiro atoms. The van der Waals surface area contributed by atoms with Crippen molar-refractivity contribution in [3.05, 3.63) is 28.5 Å². The molecule has 0 atom stereocenters. The zero-order chi connectivity index (χ0) is 11.5. The molecule has 0 aromatic carbocycles. The van der Waals surface area contributed by atoms with Crippen molar-refractivity contribution in [2.75, 3.05) is 13.2 Å². The Morgan fingerprint density at radius 1 is 1.56 bits per heavy atom. The first-order valence-electron chi connectivity index (χ1n) is 5.24. The first-order chi connectivity index (χ1) is 7.72. The number of aromatic nitrogens is 1. The lowest BCUT2D eigenvalue weighted by Crippen LogP contribution is -2.35. The first-order valence-corrected chi connectivity index (χ1v) is 6.04. The van der Waals surface area contributed by atoms with Gasteiger partial charge in [0.2, 0.25) is 0 Å². The molecule has 1 N–H and O–H groups in total. The summed E-state index contributed by atoms with van der Waals surface area (Å²) in [4.78, 5) is 17.8. The van der Waals surface area contributed by atoms with E-state index in [2.05, 4.69) is 20.9 Å². The first kappa shape index (κ1) is 11.5. The van der Waals surface area contributed by atoms with Crippen molar-refractivity contribution >= 4 is 21.8 Å². The van der Waals surface area contributed by atoms with Gasteiger partial charge >= 0.3 is 0 Å². The maximum absolute atomic E-state index is 12.1. The van der Waals surface area contributed by atoms with Crippen LogP contribution in [0.4, 0.5) is 0 Å². The molecule has 0 aliphatic heterocycles. The molecule has 1 aliphatic rings. The van der Waals surface area contributed by atoms with Crippen LogP contribution in [0.25, 0.3) is 0 Å². The van der Waals surface area contributed by atoms with Gasteiger partial charge in [-0.2, -0.15) is 0 Å². The number of amides is 1. The van der Waals surface area contributed by atoms with Crippen LogP contribution < -0.4 is 0 Å². The summed E-state index contributed by atoms with van der Waals surface area (Å²) in [6, 6.07) is 2.06. The molecule has 0 saturated heterocycles. The Kier molecular flexibility index (Phi) is 3.56. The highest BCUT2D eigenvalue weighted by Crippen LogP contribution is 2.28. The van der Waals surface area contributed by atoms with E-state index >= 15 is 0 Å². The van der Waals surface area contributed by atoms with E-state index in [1.54, 1.807) is 23.4 Å². The van der Waals surface area contributed by atoms with Crippen LogP contribution in [0.1, 0.15) is 23.2 Å². The molecule has 1 fully saturated rings. The van der Waals surface area contributed by atoms with Crippen LogP contribution in [0.2, 0.25) is 0 Å². The van der Waals surface area contributed by atoms with Gasteiger partial charge in [0, 0.05) is 29.5 Å². The third-order valence-electron chi connectivity index (χ3n) is 2.54. The predicted octanol–water partition coefficient (Wildman–Crippen LogP) is 1.44. The standard InChI is InChI=1S/C11H13BrN2O2/c12-9-5-8(6-13-7-9)11(16)14(3-4-15)10-1-2-10/h5-7,10,15H,1-4H2. The summed E-state index contributed by atoms with van der Waals surface area (Å²) in [7, 11) is 0.